The molecule has 2 aliphatic rings. The second-order valence-corrected chi connectivity index (χ2v) is 6.67. The van der Waals surface area contributed by atoms with Crippen LogP contribution in [0.5, 0.6) is 0 Å². The lowest BCUT2D eigenvalue weighted by molar-refractivity contribution is -0.510. The zero-order valence-electron chi connectivity index (χ0n) is 12.1. The maximum absolute atomic E-state index is 11.9. The minimum atomic E-state index is -1.32. The number of pyridine rings is 1. The molecule has 4 heterocycles. The molecule has 1 fully saturated rings. The number of imidazole rings is 1. The van der Waals surface area contributed by atoms with Gasteiger partial charge in [0.25, 0.3) is 5.65 Å². The van der Waals surface area contributed by atoms with Crippen molar-refractivity contribution >= 4 is 29.3 Å². The first kappa shape index (κ1) is 14.3. The maximum Gasteiger partial charge on any atom is 0.286 e. The van der Waals surface area contributed by atoms with Gasteiger partial charge in [-0.05, 0) is 6.07 Å². The van der Waals surface area contributed by atoms with Gasteiger partial charge >= 0.3 is 0 Å². The van der Waals surface area contributed by atoms with Crippen molar-refractivity contribution in [3.05, 3.63) is 48.1 Å². The molecule has 2 aliphatic heterocycles. The van der Waals surface area contributed by atoms with E-state index < -0.39 is 12.0 Å². The topological polar surface area (TPSA) is 95.5 Å². The quantitative estimate of drug-likeness (QED) is 0.544. The third-order valence-electron chi connectivity index (χ3n) is 4.21. The molecule has 2 N–H and O–H groups in total. The van der Waals surface area contributed by atoms with Gasteiger partial charge in [-0.25, -0.2) is 8.97 Å². The third kappa shape index (κ3) is 2.06. The molecule has 118 valence electrons. The molecular formula is C15H14N4O3S. The largest absolute Gasteiger partial charge is 0.543 e. The Balaban J connectivity index is 1.74. The van der Waals surface area contributed by atoms with Crippen molar-refractivity contribution in [3.8, 4) is 0 Å². The van der Waals surface area contributed by atoms with Gasteiger partial charge in [-0.3, -0.25) is 9.69 Å². The number of carboxylic acid groups (broad SMARTS) is 1. The van der Waals surface area contributed by atoms with Gasteiger partial charge in [0.1, 0.15) is 30.4 Å². The molecular weight excluding hydrogens is 316 g/mol. The number of hydrogen-bond donors (Lipinski definition) is 1. The summed E-state index contributed by atoms with van der Waals surface area (Å²) in [6.45, 7) is 0.391. The Morgan fingerprint density at radius 1 is 1.43 bits per heavy atom. The lowest BCUT2D eigenvalue weighted by Gasteiger charge is -2.49. The van der Waals surface area contributed by atoms with Crippen LogP contribution in [-0.4, -0.2) is 38.5 Å². The number of amides is 1. The van der Waals surface area contributed by atoms with Gasteiger partial charge < -0.3 is 15.6 Å². The zero-order valence-corrected chi connectivity index (χ0v) is 12.9. The second-order valence-electron chi connectivity index (χ2n) is 5.57. The maximum atomic E-state index is 11.9. The number of rotatable bonds is 3. The molecule has 0 spiro atoms. The van der Waals surface area contributed by atoms with Gasteiger partial charge in [0.2, 0.25) is 5.91 Å². The third-order valence-corrected chi connectivity index (χ3v) is 5.57. The van der Waals surface area contributed by atoms with Crippen molar-refractivity contribution in [1.29, 1.82) is 0 Å². The second kappa shape index (κ2) is 5.10. The Labute approximate surface area is 136 Å². The fourth-order valence-corrected chi connectivity index (χ4v) is 4.36. The molecule has 4 rings (SSSR count). The Morgan fingerprint density at radius 3 is 3.04 bits per heavy atom. The van der Waals surface area contributed by atoms with Crippen molar-refractivity contribution in [2.45, 2.75) is 18.0 Å². The van der Waals surface area contributed by atoms with Crippen LogP contribution in [0.4, 0.5) is 0 Å². The van der Waals surface area contributed by atoms with Crippen LogP contribution in [0.25, 0.3) is 5.65 Å². The van der Waals surface area contributed by atoms with E-state index in [1.807, 2.05) is 45.8 Å². The molecule has 0 aliphatic carbocycles. The van der Waals surface area contributed by atoms with E-state index in [1.54, 1.807) is 0 Å². The summed E-state index contributed by atoms with van der Waals surface area (Å²) in [5.74, 6) is -1.16. The number of carboxylic acids is 1. The van der Waals surface area contributed by atoms with Crippen molar-refractivity contribution in [3.63, 3.8) is 0 Å². The number of thioether (sulfide) groups is 1. The van der Waals surface area contributed by atoms with Crippen LogP contribution in [0.1, 0.15) is 0 Å². The molecule has 7 nitrogen and oxygen atoms in total. The first-order chi connectivity index (χ1) is 11.1. The summed E-state index contributed by atoms with van der Waals surface area (Å²) in [5.41, 5.74) is 7.32. The number of β-lactam (4-membered cyclic amide) rings is 1. The fourth-order valence-electron chi connectivity index (χ4n) is 3.07. The standard InChI is InChI=1S/C15H14N4O3S/c16-11-13(20)19-12(15(21)22)9(8-23-14(11)19)7-18-6-5-17-4-2-1-3-10(17)18/h1-6,11,14H,7-8,16H2/t11-,14+/m1/s1. The molecule has 0 saturated carbocycles. The Morgan fingerprint density at radius 2 is 2.26 bits per heavy atom. The summed E-state index contributed by atoms with van der Waals surface area (Å²) in [4.78, 5) is 24.8. The van der Waals surface area contributed by atoms with Gasteiger partial charge in [-0.1, -0.05) is 6.07 Å². The smallest absolute Gasteiger partial charge is 0.286 e. The van der Waals surface area contributed by atoms with Crippen LogP contribution in [0.15, 0.2) is 48.1 Å². The highest BCUT2D eigenvalue weighted by Gasteiger charge is 2.50. The molecule has 1 amide bonds. The monoisotopic (exact) mass is 330 g/mol. The van der Waals surface area contributed by atoms with Crippen LogP contribution in [0.3, 0.4) is 0 Å². The van der Waals surface area contributed by atoms with E-state index in [0.29, 0.717) is 17.9 Å². The summed E-state index contributed by atoms with van der Waals surface area (Å²) >= 11 is 1.49. The van der Waals surface area contributed by atoms with Gasteiger partial charge in [0.15, 0.2) is 0 Å². The summed E-state index contributed by atoms with van der Waals surface area (Å²) < 4.78 is 3.89. The summed E-state index contributed by atoms with van der Waals surface area (Å²) in [6, 6.07) is 5.16. The highest BCUT2D eigenvalue weighted by atomic mass is 32.2. The average Bonchev–Trinajstić information content (AvgIpc) is 2.96. The van der Waals surface area contributed by atoms with Gasteiger partial charge in [0, 0.05) is 17.4 Å². The molecule has 2 aromatic rings. The average molecular weight is 330 g/mol. The van der Waals surface area contributed by atoms with E-state index in [0.717, 1.165) is 5.65 Å². The van der Waals surface area contributed by atoms with Gasteiger partial charge in [0.05, 0.1) is 17.9 Å². The molecule has 8 heteroatoms. The molecule has 0 aromatic carbocycles. The number of carbonyl (C=O) groups is 2. The number of carbonyl (C=O) groups excluding carboxylic acids is 2. The molecule has 0 radical (unpaired) electrons. The van der Waals surface area contributed by atoms with Crippen LogP contribution in [0.2, 0.25) is 0 Å². The van der Waals surface area contributed by atoms with Crippen LogP contribution >= 0.6 is 11.8 Å². The minimum Gasteiger partial charge on any atom is -0.543 e. The molecule has 0 unspecified atom stereocenters. The first-order valence-corrected chi connectivity index (χ1v) is 8.21. The predicted octanol–water partition coefficient (Wildman–Crippen LogP) is -1.53. The van der Waals surface area contributed by atoms with Crippen molar-refractivity contribution < 1.29 is 19.1 Å². The van der Waals surface area contributed by atoms with E-state index in [4.69, 9.17) is 5.73 Å². The fraction of sp³-hybridized carbons (Fsp3) is 0.267. The van der Waals surface area contributed by atoms with Gasteiger partial charge in [-0.2, -0.15) is 0 Å². The highest BCUT2D eigenvalue weighted by Crippen LogP contribution is 2.39. The van der Waals surface area contributed by atoms with E-state index in [-0.39, 0.29) is 17.0 Å². The van der Waals surface area contributed by atoms with Gasteiger partial charge in [-0.15, -0.1) is 11.8 Å². The van der Waals surface area contributed by atoms with E-state index in [1.165, 1.54) is 16.7 Å². The highest BCUT2D eigenvalue weighted by molar-refractivity contribution is 8.00. The Kier molecular flexibility index (Phi) is 3.17. The molecule has 2 atom stereocenters. The number of nitrogens with zero attached hydrogens (tertiary/aromatic N) is 3. The zero-order chi connectivity index (χ0) is 16.1. The van der Waals surface area contributed by atoms with Crippen molar-refractivity contribution in [2.24, 2.45) is 5.73 Å². The summed E-state index contributed by atoms with van der Waals surface area (Å²) in [5, 5.41) is 11.3. The minimum absolute atomic E-state index is 0.0248. The summed E-state index contributed by atoms with van der Waals surface area (Å²) in [7, 11) is 0. The molecule has 1 saturated heterocycles. The molecule has 2 aromatic heterocycles. The number of aromatic nitrogens is 2. The van der Waals surface area contributed by atoms with E-state index >= 15 is 0 Å². The first-order valence-electron chi connectivity index (χ1n) is 7.16. The van der Waals surface area contributed by atoms with Crippen molar-refractivity contribution in [2.75, 3.05) is 5.75 Å². The van der Waals surface area contributed by atoms with E-state index in [2.05, 4.69) is 0 Å². The number of nitrogens with two attached hydrogens (primary N) is 1. The Bertz CT molecular complexity index is 859. The number of fused-ring (bicyclic) bond motifs is 2. The lowest BCUT2D eigenvalue weighted by atomic mass is 10.0. The molecule has 23 heavy (non-hydrogen) atoms. The van der Waals surface area contributed by atoms with Crippen LogP contribution < -0.4 is 15.2 Å². The number of aliphatic carboxylic acids is 1. The van der Waals surface area contributed by atoms with Crippen LogP contribution in [0, 0.1) is 0 Å². The lowest BCUT2D eigenvalue weighted by Crippen LogP contribution is -2.69. The number of hydrogen-bond acceptors (Lipinski definition) is 5. The van der Waals surface area contributed by atoms with Crippen LogP contribution in [-0.2, 0) is 16.1 Å². The molecule has 0 bridgehead atoms. The SMILES string of the molecule is N[C@@H]1C(=O)N2C(C(=O)[O-])=C(Cn3cc[n+]4ccccc34)CS[C@@H]12. The van der Waals surface area contributed by atoms with Crippen molar-refractivity contribution in [1.82, 2.24) is 9.47 Å². The Hall–Kier alpha value is -2.32. The predicted molar refractivity (Wildman–Crippen MR) is 80.7 cm³/mol. The summed E-state index contributed by atoms with van der Waals surface area (Å²) in [6.07, 6.45) is 5.71. The van der Waals surface area contributed by atoms with E-state index in [9.17, 15) is 14.7 Å². The normalized spacial score (nSPS) is 23.9.